The highest BCUT2D eigenvalue weighted by molar-refractivity contribution is 6.32. The molecule has 1 heterocycles. The molecule has 0 spiro atoms. The molecule has 2 aliphatic rings. The summed E-state index contributed by atoms with van der Waals surface area (Å²) in [7, 11) is 0. The summed E-state index contributed by atoms with van der Waals surface area (Å²) < 4.78 is 5.94. The third-order valence-electron chi connectivity index (χ3n) is 6.35. The van der Waals surface area contributed by atoms with Gasteiger partial charge < -0.3 is 20.5 Å². The molecule has 1 aliphatic heterocycles. The summed E-state index contributed by atoms with van der Waals surface area (Å²) in [4.78, 5) is 13.4. The number of anilines is 2. The fraction of sp³-hybridized carbons (Fsp3) is 0.250. The van der Waals surface area contributed by atoms with Crippen molar-refractivity contribution in [2.75, 3.05) is 10.6 Å². The molecule has 0 aromatic heterocycles. The summed E-state index contributed by atoms with van der Waals surface area (Å²) >= 11 is 6.63. The molecule has 3 aromatic rings. The van der Waals surface area contributed by atoms with Crippen LogP contribution >= 0.6 is 11.6 Å². The Bertz CT molecular complexity index is 1280. The van der Waals surface area contributed by atoms with Gasteiger partial charge in [-0.1, -0.05) is 67.9 Å². The van der Waals surface area contributed by atoms with Crippen LogP contribution in [0.1, 0.15) is 43.9 Å². The summed E-state index contributed by atoms with van der Waals surface area (Å²) in [6, 6.07) is 20.5. The van der Waals surface area contributed by atoms with E-state index in [1.807, 2.05) is 54.6 Å². The maximum Gasteiger partial charge on any atom is 0.163 e. The number of hydrogen-bond donors (Lipinski definition) is 3. The zero-order chi connectivity index (χ0) is 23.9. The van der Waals surface area contributed by atoms with Gasteiger partial charge in [-0.2, -0.15) is 0 Å². The van der Waals surface area contributed by atoms with E-state index in [1.54, 1.807) is 12.1 Å². The summed E-state index contributed by atoms with van der Waals surface area (Å²) in [6.45, 7) is 4.59. The third-order valence-corrected chi connectivity index (χ3v) is 6.65. The fourth-order valence-corrected chi connectivity index (χ4v) is 4.99. The first kappa shape index (κ1) is 22.4. The second-order valence-electron chi connectivity index (χ2n) is 9.70. The number of rotatable bonds is 4. The maximum absolute atomic E-state index is 13.4. The van der Waals surface area contributed by atoms with Gasteiger partial charge in [0.2, 0.25) is 0 Å². The van der Waals surface area contributed by atoms with Crippen molar-refractivity contribution in [3.05, 3.63) is 94.1 Å². The molecule has 5 nitrogen and oxygen atoms in total. The molecule has 1 aliphatic carbocycles. The van der Waals surface area contributed by atoms with Crippen LogP contribution in [0.25, 0.3) is 0 Å². The van der Waals surface area contributed by atoms with Gasteiger partial charge >= 0.3 is 0 Å². The van der Waals surface area contributed by atoms with Crippen LogP contribution in [0.2, 0.25) is 5.02 Å². The van der Waals surface area contributed by atoms with Crippen LogP contribution in [0.15, 0.2) is 78.0 Å². The number of fused-ring (bicyclic) bond motifs is 1. The van der Waals surface area contributed by atoms with E-state index in [0.29, 0.717) is 41.5 Å². The minimum Gasteiger partial charge on any atom is -0.506 e. The molecule has 6 heteroatoms. The summed E-state index contributed by atoms with van der Waals surface area (Å²) in [5, 5.41) is 17.8. The number of benzene rings is 3. The number of allylic oxidation sites excluding steroid dienone is 1. The number of phenols is 1. The lowest BCUT2D eigenvalue weighted by molar-refractivity contribution is -0.118. The van der Waals surface area contributed by atoms with Crippen LogP contribution in [0, 0.1) is 5.41 Å². The number of carbonyl (C=O) groups excluding carboxylic acids is 1. The van der Waals surface area contributed by atoms with Gasteiger partial charge in [-0.15, -0.1) is 0 Å². The fourth-order valence-electron chi connectivity index (χ4n) is 4.75. The highest BCUT2D eigenvalue weighted by Crippen LogP contribution is 2.47. The van der Waals surface area contributed by atoms with Gasteiger partial charge in [0, 0.05) is 17.7 Å². The zero-order valence-electron chi connectivity index (χ0n) is 19.2. The highest BCUT2D eigenvalue weighted by atomic mass is 35.5. The van der Waals surface area contributed by atoms with Gasteiger partial charge in [0.1, 0.15) is 23.8 Å². The van der Waals surface area contributed by atoms with Crippen molar-refractivity contribution < 1.29 is 14.6 Å². The predicted molar refractivity (Wildman–Crippen MR) is 135 cm³/mol. The van der Waals surface area contributed by atoms with Crippen molar-refractivity contribution in [1.82, 2.24) is 0 Å². The maximum atomic E-state index is 13.4. The third kappa shape index (κ3) is 4.36. The minimum atomic E-state index is -0.408. The number of hydrogen-bond acceptors (Lipinski definition) is 5. The van der Waals surface area contributed by atoms with E-state index in [2.05, 4.69) is 24.5 Å². The number of halogens is 1. The first-order valence-corrected chi connectivity index (χ1v) is 11.8. The Morgan fingerprint density at radius 2 is 1.85 bits per heavy atom. The van der Waals surface area contributed by atoms with Crippen LogP contribution in [-0.2, 0) is 11.4 Å². The predicted octanol–water partition coefficient (Wildman–Crippen LogP) is 6.85. The molecule has 5 rings (SSSR count). The Kier molecular flexibility index (Phi) is 5.74. The lowest BCUT2D eigenvalue weighted by Crippen LogP contribution is -2.31. The number of carbonyl (C=O) groups is 1. The van der Waals surface area contributed by atoms with Gasteiger partial charge in [-0.05, 0) is 47.2 Å². The smallest absolute Gasteiger partial charge is 0.163 e. The van der Waals surface area contributed by atoms with E-state index < -0.39 is 6.04 Å². The van der Waals surface area contributed by atoms with Crippen LogP contribution in [0.4, 0.5) is 11.4 Å². The van der Waals surface area contributed by atoms with E-state index in [0.717, 1.165) is 22.5 Å². The summed E-state index contributed by atoms with van der Waals surface area (Å²) in [5.41, 5.74) is 4.57. The lowest BCUT2D eigenvalue weighted by Gasteiger charge is -2.34. The molecule has 0 saturated carbocycles. The van der Waals surface area contributed by atoms with E-state index in [-0.39, 0.29) is 16.9 Å². The van der Waals surface area contributed by atoms with E-state index in [1.165, 1.54) is 0 Å². The normalized spacial score (nSPS) is 18.8. The average molecular weight is 475 g/mol. The van der Waals surface area contributed by atoms with E-state index in [4.69, 9.17) is 16.3 Å². The van der Waals surface area contributed by atoms with Gasteiger partial charge in [-0.3, -0.25) is 4.79 Å². The van der Waals surface area contributed by atoms with Gasteiger partial charge in [0.15, 0.2) is 5.78 Å². The molecule has 3 N–H and O–H groups in total. The number of phenolic OH excluding ortho intramolecular Hbond substituents is 1. The number of aromatic hydroxyl groups is 1. The molecule has 3 aromatic carbocycles. The minimum absolute atomic E-state index is 0.0871. The van der Waals surface area contributed by atoms with Crippen LogP contribution in [0.5, 0.6) is 11.5 Å². The van der Waals surface area contributed by atoms with Crippen LogP contribution in [-0.4, -0.2) is 10.9 Å². The number of nitrogens with one attached hydrogen (secondary N) is 2. The monoisotopic (exact) mass is 474 g/mol. The Hall–Kier alpha value is -3.44. The molecule has 34 heavy (non-hydrogen) atoms. The van der Waals surface area contributed by atoms with Gasteiger partial charge in [-0.25, -0.2) is 0 Å². The Labute approximate surface area is 204 Å². The second-order valence-corrected chi connectivity index (χ2v) is 10.1. The summed E-state index contributed by atoms with van der Waals surface area (Å²) in [6.07, 6.45) is 1.16. The first-order valence-electron chi connectivity index (χ1n) is 11.4. The zero-order valence-corrected chi connectivity index (χ0v) is 19.9. The first-order chi connectivity index (χ1) is 16.3. The standard InChI is InChI=1S/C28H27ClN2O3/c1-28(2)14-21-25(23(33)15-28)26(30-20-9-6-10-22(32)27(20)31-21)18-11-12-24(19(29)13-18)34-16-17-7-4-3-5-8-17/h3-13,26,30-32H,14-16H2,1-2H3. The Balaban J connectivity index is 1.52. The number of para-hydroxylation sites is 1. The molecule has 0 bridgehead atoms. The average Bonchev–Trinajstić information content (AvgIpc) is 2.96. The molecule has 174 valence electrons. The van der Waals surface area contributed by atoms with Crippen LogP contribution < -0.4 is 15.4 Å². The molecular formula is C28H27ClN2O3. The topological polar surface area (TPSA) is 70.6 Å². The van der Waals surface area contributed by atoms with Gasteiger partial charge in [0.05, 0.1) is 16.8 Å². The number of ether oxygens (including phenoxy) is 1. The van der Waals surface area contributed by atoms with Crippen molar-refractivity contribution in [3.63, 3.8) is 0 Å². The van der Waals surface area contributed by atoms with E-state index >= 15 is 0 Å². The van der Waals surface area contributed by atoms with Crippen molar-refractivity contribution in [3.8, 4) is 11.5 Å². The SMILES string of the molecule is CC1(C)CC(=O)C2=C(C1)Nc1c(O)cccc1NC2c1ccc(OCc2ccccc2)c(Cl)c1. The Morgan fingerprint density at radius 3 is 2.62 bits per heavy atom. The van der Waals surface area contributed by atoms with Crippen molar-refractivity contribution in [2.24, 2.45) is 5.41 Å². The molecule has 1 unspecified atom stereocenters. The molecular weight excluding hydrogens is 448 g/mol. The van der Waals surface area contributed by atoms with Crippen molar-refractivity contribution >= 4 is 28.8 Å². The molecule has 0 fully saturated rings. The highest BCUT2D eigenvalue weighted by Gasteiger charge is 2.39. The quantitative estimate of drug-likeness (QED) is 0.361. The largest absolute Gasteiger partial charge is 0.506 e. The van der Waals surface area contributed by atoms with Crippen molar-refractivity contribution in [2.45, 2.75) is 39.3 Å². The molecule has 0 amide bonds. The van der Waals surface area contributed by atoms with Crippen molar-refractivity contribution in [1.29, 1.82) is 0 Å². The molecule has 0 radical (unpaired) electrons. The number of Topliss-reactive ketones (excluding diaryl/α,β-unsaturated/α-hetero) is 1. The van der Waals surface area contributed by atoms with E-state index in [9.17, 15) is 9.90 Å². The molecule has 0 saturated heterocycles. The second kappa shape index (κ2) is 8.73. The number of ketones is 1. The molecule has 1 atom stereocenters. The van der Waals surface area contributed by atoms with Gasteiger partial charge in [0.25, 0.3) is 0 Å². The van der Waals surface area contributed by atoms with Crippen LogP contribution in [0.3, 0.4) is 0 Å². The lowest BCUT2D eigenvalue weighted by atomic mass is 9.73. The summed E-state index contributed by atoms with van der Waals surface area (Å²) in [5.74, 6) is 0.810. The Morgan fingerprint density at radius 1 is 1.06 bits per heavy atom.